The Bertz CT molecular complexity index is 298. The molecule has 19 heavy (non-hydrogen) atoms. The Hall–Kier alpha value is -0.0800. The molecule has 110 valence electrons. The van der Waals surface area contributed by atoms with Gasteiger partial charge in [0.05, 0.1) is 5.60 Å². The van der Waals surface area contributed by atoms with Crippen molar-refractivity contribution in [2.45, 2.75) is 76.9 Å². The zero-order chi connectivity index (χ0) is 13.3. The van der Waals surface area contributed by atoms with E-state index in [1.165, 1.54) is 51.4 Å². The Morgan fingerprint density at radius 3 is 2.68 bits per heavy atom. The van der Waals surface area contributed by atoms with E-state index in [1.807, 2.05) is 0 Å². The highest BCUT2D eigenvalue weighted by Gasteiger charge is 2.45. The van der Waals surface area contributed by atoms with Gasteiger partial charge in [-0.3, -0.25) is 0 Å². The predicted octanol–water partition coefficient (Wildman–Crippen LogP) is 3.75. The van der Waals surface area contributed by atoms with Crippen LogP contribution in [0.3, 0.4) is 0 Å². The van der Waals surface area contributed by atoms with Crippen molar-refractivity contribution in [3.63, 3.8) is 0 Å². The fourth-order valence-corrected chi connectivity index (χ4v) is 5.21. The molecular weight excluding hydrogens is 234 g/mol. The van der Waals surface area contributed by atoms with Gasteiger partial charge in [0.1, 0.15) is 0 Å². The Balaban J connectivity index is 1.62. The normalized spacial score (nSPS) is 42.0. The fourth-order valence-electron chi connectivity index (χ4n) is 5.21. The third kappa shape index (κ3) is 2.71. The van der Waals surface area contributed by atoms with Crippen molar-refractivity contribution in [3.05, 3.63) is 0 Å². The Kier molecular flexibility index (Phi) is 4.19. The third-order valence-electron chi connectivity index (χ3n) is 6.24. The average molecular weight is 265 g/mol. The minimum atomic E-state index is 0.304. The molecule has 0 bridgehead atoms. The first-order chi connectivity index (χ1) is 9.24. The molecule has 2 saturated carbocycles. The van der Waals surface area contributed by atoms with Crippen LogP contribution in [0.2, 0.25) is 0 Å². The topological polar surface area (TPSA) is 21.3 Å². The van der Waals surface area contributed by atoms with Crippen LogP contribution in [0.1, 0.15) is 65.2 Å². The molecule has 2 nitrogen and oxygen atoms in total. The molecule has 1 spiro atoms. The van der Waals surface area contributed by atoms with Crippen LogP contribution in [0.5, 0.6) is 0 Å². The van der Waals surface area contributed by atoms with Crippen molar-refractivity contribution < 1.29 is 4.74 Å². The predicted molar refractivity (Wildman–Crippen MR) is 79.2 cm³/mol. The van der Waals surface area contributed by atoms with Crippen LogP contribution in [0.25, 0.3) is 0 Å². The summed E-state index contributed by atoms with van der Waals surface area (Å²) in [5, 5.41) is 3.69. The van der Waals surface area contributed by atoms with Gasteiger partial charge in [-0.25, -0.2) is 0 Å². The largest absolute Gasteiger partial charge is 0.375 e. The number of hydrogen-bond donors (Lipinski definition) is 1. The van der Waals surface area contributed by atoms with E-state index in [0.717, 1.165) is 36.9 Å². The molecule has 3 fully saturated rings. The first kappa shape index (κ1) is 13.9. The van der Waals surface area contributed by atoms with Gasteiger partial charge in [-0.05, 0) is 62.8 Å². The molecule has 4 atom stereocenters. The molecular formula is C17H31NO. The molecule has 0 radical (unpaired) electrons. The lowest BCUT2D eigenvalue weighted by Gasteiger charge is -2.42. The maximum atomic E-state index is 6.21. The standard InChI is InChI=1S/C17H31NO/c1-3-18-16-7-6-15(13(16)2)14-8-11-19-17(12-14)9-4-5-10-17/h13-16,18H,3-12H2,1-2H3. The summed E-state index contributed by atoms with van der Waals surface area (Å²) in [6.45, 7) is 6.88. The van der Waals surface area contributed by atoms with Crippen LogP contribution in [0.4, 0.5) is 0 Å². The molecule has 2 heteroatoms. The van der Waals surface area contributed by atoms with Crippen LogP contribution in [-0.2, 0) is 4.74 Å². The maximum absolute atomic E-state index is 6.21. The second-order valence-corrected chi connectivity index (χ2v) is 7.26. The minimum absolute atomic E-state index is 0.304. The van der Waals surface area contributed by atoms with Crippen molar-refractivity contribution in [1.29, 1.82) is 0 Å². The molecule has 1 heterocycles. The summed E-state index contributed by atoms with van der Waals surface area (Å²) in [6, 6.07) is 0.775. The zero-order valence-electron chi connectivity index (χ0n) is 12.8. The number of ether oxygens (including phenoxy) is 1. The summed E-state index contributed by atoms with van der Waals surface area (Å²) in [5.74, 6) is 2.75. The fraction of sp³-hybridized carbons (Fsp3) is 1.00. The van der Waals surface area contributed by atoms with Gasteiger partial charge in [0.25, 0.3) is 0 Å². The van der Waals surface area contributed by atoms with Gasteiger partial charge in [-0.1, -0.05) is 26.7 Å². The maximum Gasteiger partial charge on any atom is 0.0685 e. The highest BCUT2D eigenvalue weighted by Crippen LogP contribution is 2.48. The molecule has 1 N–H and O–H groups in total. The van der Waals surface area contributed by atoms with Crippen LogP contribution >= 0.6 is 0 Å². The summed E-state index contributed by atoms with van der Waals surface area (Å²) < 4.78 is 6.21. The van der Waals surface area contributed by atoms with E-state index in [-0.39, 0.29) is 0 Å². The van der Waals surface area contributed by atoms with Crippen LogP contribution in [-0.4, -0.2) is 24.8 Å². The van der Waals surface area contributed by atoms with E-state index in [0.29, 0.717) is 5.60 Å². The van der Waals surface area contributed by atoms with Gasteiger partial charge >= 0.3 is 0 Å². The lowest BCUT2D eigenvalue weighted by molar-refractivity contribution is -0.104. The average Bonchev–Trinajstić information content (AvgIpc) is 2.99. The van der Waals surface area contributed by atoms with Crippen molar-refractivity contribution in [2.75, 3.05) is 13.2 Å². The summed E-state index contributed by atoms with van der Waals surface area (Å²) in [4.78, 5) is 0. The molecule has 1 saturated heterocycles. The lowest BCUT2D eigenvalue weighted by atomic mass is 9.74. The molecule has 3 aliphatic rings. The number of hydrogen-bond acceptors (Lipinski definition) is 2. The summed E-state index contributed by atoms with van der Waals surface area (Å²) in [5.41, 5.74) is 0.304. The number of nitrogens with one attached hydrogen (secondary N) is 1. The van der Waals surface area contributed by atoms with Crippen molar-refractivity contribution >= 4 is 0 Å². The van der Waals surface area contributed by atoms with E-state index in [1.54, 1.807) is 0 Å². The van der Waals surface area contributed by atoms with Crippen LogP contribution in [0.15, 0.2) is 0 Å². The first-order valence-corrected chi connectivity index (χ1v) is 8.61. The molecule has 4 unspecified atom stereocenters. The minimum Gasteiger partial charge on any atom is -0.375 e. The van der Waals surface area contributed by atoms with Gasteiger partial charge in [-0.15, -0.1) is 0 Å². The van der Waals surface area contributed by atoms with Gasteiger partial charge in [-0.2, -0.15) is 0 Å². The molecule has 0 aromatic heterocycles. The highest BCUT2D eigenvalue weighted by molar-refractivity contribution is 4.97. The Morgan fingerprint density at radius 1 is 1.16 bits per heavy atom. The van der Waals surface area contributed by atoms with Crippen LogP contribution < -0.4 is 5.32 Å². The van der Waals surface area contributed by atoms with E-state index in [2.05, 4.69) is 19.2 Å². The van der Waals surface area contributed by atoms with E-state index in [4.69, 9.17) is 4.74 Å². The molecule has 1 aliphatic heterocycles. The van der Waals surface area contributed by atoms with Gasteiger partial charge in [0, 0.05) is 12.6 Å². The third-order valence-corrected chi connectivity index (χ3v) is 6.24. The second-order valence-electron chi connectivity index (χ2n) is 7.26. The number of rotatable bonds is 3. The molecule has 3 rings (SSSR count). The van der Waals surface area contributed by atoms with Crippen molar-refractivity contribution in [3.8, 4) is 0 Å². The highest BCUT2D eigenvalue weighted by atomic mass is 16.5. The summed E-state index contributed by atoms with van der Waals surface area (Å²) >= 11 is 0. The monoisotopic (exact) mass is 265 g/mol. The molecule has 0 aromatic rings. The molecule has 2 aliphatic carbocycles. The lowest BCUT2D eigenvalue weighted by Crippen LogP contribution is -2.41. The zero-order valence-corrected chi connectivity index (χ0v) is 12.8. The SMILES string of the molecule is CCNC1CCC(C2CCOC3(CCCC3)C2)C1C. The van der Waals surface area contributed by atoms with Crippen molar-refractivity contribution in [1.82, 2.24) is 5.32 Å². The van der Waals surface area contributed by atoms with Gasteiger partial charge < -0.3 is 10.1 Å². The summed E-state index contributed by atoms with van der Waals surface area (Å²) in [7, 11) is 0. The van der Waals surface area contributed by atoms with E-state index >= 15 is 0 Å². The van der Waals surface area contributed by atoms with E-state index < -0.39 is 0 Å². The summed E-state index contributed by atoms with van der Waals surface area (Å²) in [6.07, 6.45) is 11.0. The van der Waals surface area contributed by atoms with Crippen molar-refractivity contribution in [2.24, 2.45) is 17.8 Å². The van der Waals surface area contributed by atoms with Crippen LogP contribution in [0, 0.1) is 17.8 Å². The first-order valence-electron chi connectivity index (χ1n) is 8.61. The second kappa shape index (κ2) is 5.73. The quantitative estimate of drug-likeness (QED) is 0.839. The molecule has 0 amide bonds. The van der Waals surface area contributed by atoms with Gasteiger partial charge in [0.15, 0.2) is 0 Å². The molecule has 0 aromatic carbocycles. The smallest absolute Gasteiger partial charge is 0.0685 e. The Morgan fingerprint density at radius 2 is 1.95 bits per heavy atom. The Labute approximate surface area is 118 Å². The van der Waals surface area contributed by atoms with Gasteiger partial charge in [0.2, 0.25) is 0 Å². The van der Waals surface area contributed by atoms with E-state index in [9.17, 15) is 0 Å².